The van der Waals surface area contributed by atoms with Crippen molar-refractivity contribution < 1.29 is 9.90 Å². The lowest BCUT2D eigenvalue weighted by Gasteiger charge is -2.13. The van der Waals surface area contributed by atoms with Crippen molar-refractivity contribution in [1.29, 1.82) is 0 Å². The fourth-order valence-electron chi connectivity index (χ4n) is 1.58. The topological polar surface area (TPSA) is 49.3 Å². The van der Waals surface area contributed by atoms with Gasteiger partial charge in [0.05, 0.1) is 10.9 Å². The van der Waals surface area contributed by atoms with Crippen LogP contribution in [0.1, 0.15) is 30.6 Å². The largest absolute Gasteiger partial charge is 0.507 e. The zero-order valence-electron chi connectivity index (χ0n) is 10.4. The number of phenolic OH excluding ortho intramolecular Hbond substituents is 1. The van der Waals surface area contributed by atoms with Crippen molar-refractivity contribution in [3.8, 4) is 5.75 Å². The number of carbonyl (C=O) groups is 1. The van der Waals surface area contributed by atoms with Gasteiger partial charge in [0.2, 0.25) is 0 Å². The first kappa shape index (κ1) is 15.1. The predicted molar refractivity (Wildman–Crippen MR) is 74.5 cm³/mol. The zero-order chi connectivity index (χ0) is 13.7. The second kappa shape index (κ2) is 6.86. The number of rotatable bonds is 5. The smallest absolute Gasteiger partial charge is 0.255 e. The average molecular weight is 290 g/mol. The molecule has 0 aliphatic rings. The van der Waals surface area contributed by atoms with E-state index in [-0.39, 0.29) is 22.6 Å². The van der Waals surface area contributed by atoms with E-state index in [4.69, 9.17) is 23.2 Å². The van der Waals surface area contributed by atoms with Crippen LogP contribution in [-0.2, 0) is 0 Å². The number of carbonyl (C=O) groups excluding carboxylic acids is 1. The zero-order valence-corrected chi connectivity index (χ0v) is 11.9. The first-order chi connectivity index (χ1) is 8.40. The van der Waals surface area contributed by atoms with Crippen LogP contribution in [0.3, 0.4) is 0 Å². The van der Waals surface area contributed by atoms with E-state index in [9.17, 15) is 9.90 Å². The van der Waals surface area contributed by atoms with Crippen LogP contribution in [0.25, 0.3) is 0 Å². The lowest BCUT2D eigenvalue weighted by atomic mass is 10.1. The molecular weight excluding hydrogens is 273 g/mol. The second-order valence-corrected chi connectivity index (χ2v) is 5.65. The van der Waals surface area contributed by atoms with E-state index in [0.29, 0.717) is 17.5 Å². The predicted octanol–water partition coefficient (Wildman–Crippen LogP) is 3.43. The fourth-order valence-corrected chi connectivity index (χ4v) is 2.19. The van der Waals surface area contributed by atoms with Crippen LogP contribution >= 0.6 is 23.2 Å². The lowest BCUT2D eigenvalue weighted by molar-refractivity contribution is 0.0950. The monoisotopic (exact) mass is 289 g/mol. The third-order valence-electron chi connectivity index (χ3n) is 2.41. The summed E-state index contributed by atoms with van der Waals surface area (Å²) >= 11 is 11.9. The van der Waals surface area contributed by atoms with Gasteiger partial charge in [-0.05, 0) is 30.5 Å². The Balaban J connectivity index is 2.58. The molecule has 5 heteroatoms. The van der Waals surface area contributed by atoms with E-state index < -0.39 is 0 Å². The Kier molecular flexibility index (Phi) is 5.76. The van der Waals surface area contributed by atoms with E-state index in [2.05, 4.69) is 19.2 Å². The van der Waals surface area contributed by atoms with Gasteiger partial charge in [0.1, 0.15) is 5.75 Å². The number of alkyl halides is 1. The van der Waals surface area contributed by atoms with Gasteiger partial charge in [-0.25, -0.2) is 0 Å². The fraction of sp³-hybridized carbons (Fsp3) is 0.462. The number of hydrogen-bond donors (Lipinski definition) is 2. The van der Waals surface area contributed by atoms with Crippen molar-refractivity contribution in [2.45, 2.75) is 25.6 Å². The number of amides is 1. The van der Waals surface area contributed by atoms with Crippen molar-refractivity contribution >= 4 is 29.1 Å². The SMILES string of the molecule is CC(C)CC(Cl)CNC(=O)c1cc(Cl)ccc1O. The Labute approximate surface area is 117 Å². The molecule has 0 aromatic heterocycles. The van der Waals surface area contributed by atoms with Gasteiger partial charge in [-0.15, -0.1) is 11.6 Å². The molecule has 1 unspecified atom stereocenters. The number of benzene rings is 1. The number of nitrogens with one attached hydrogen (secondary N) is 1. The summed E-state index contributed by atoms with van der Waals surface area (Å²) in [6, 6.07) is 4.35. The molecule has 0 fully saturated rings. The molecular formula is C13H17Cl2NO2. The number of aromatic hydroxyl groups is 1. The first-order valence-corrected chi connectivity index (χ1v) is 6.62. The van der Waals surface area contributed by atoms with Gasteiger partial charge >= 0.3 is 0 Å². The minimum atomic E-state index is -0.371. The highest BCUT2D eigenvalue weighted by Crippen LogP contribution is 2.21. The number of phenols is 1. The molecule has 1 rings (SSSR count). The third kappa shape index (κ3) is 4.75. The minimum absolute atomic E-state index is 0.0908. The van der Waals surface area contributed by atoms with Crippen LogP contribution in [0.5, 0.6) is 5.75 Å². The van der Waals surface area contributed by atoms with E-state index in [1.165, 1.54) is 18.2 Å². The summed E-state index contributed by atoms with van der Waals surface area (Å²) < 4.78 is 0. The Hall–Kier alpha value is -0.930. The Morgan fingerprint density at radius 3 is 2.72 bits per heavy atom. The van der Waals surface area contributed by atoms with Crippen LogP contribution in [0.4, 0.5) is 0 Å². The van der Waals surface area contributed by atoms with Crippen molar-refractivity contribution in [1.82, 2.24) is 5.32 Å². The maximum atomic E-state index is 11.8. The van der Waals surface area contributed by atoms with E-state index in [0.717, 1.165) is 6.42 Å². The standard InChI is InChI=1S/C13H17Cl2NO2/c1-8(2)5-10(15)7-16-13(18)11-6-9(14)3-4-12(11)17/h3-4,6,8,10,17H,5,7H2,1-2H3,(H,16,18). The van der Waals surface area contributed by atoms with Crippen molar-refractivity contribution in [2.75, 3.05) is 6.54 Å². The van der Waals surface area contributed by atoms with Crippen LogP contribution in [0.15, 0.2) is 18.2 Å². The Morgan fingerprint density at radius 2 is 2.11 bits per heavy atom. The molecule has 0 aliphatic heterocycles. The van der Waals surface area contributed by atoms with E-state index >= 15 is 0 Å². The molecule has 100 valence electrons. The minimum Gasteiger partial charge on any atom is -0.507 e. The van der Waals surface area contributed by atoms with Crippen molar-refractivity contribution in [3.63, 3.8) is 0 Å². The number of hydrogen-bond acceptors (Lipinski definition) is 2. The van der Waals surface area contributed by atoms with Crippen LogP contribution in [0, 0.1) is 5.92 Å². The summed E-state index contributed by atoms with van der Waals surface area (Å²) in [5.74, 6) is 0.0141. The highest BCUT2D eigenvalue weighted by atomic mass is 35.5. The highest BCUT2D eigenvalue weighted by Gasteiger charge is 2.14. The first-order valence-electron chi connectivity index (χ1n) is 5.81. The van der Waals surface area contributed by atoms with E-state index in [1.54, 1.807) is 0 Å². The summed E-state index contributed by atoms with van der Waals surface area (Å²) in [5, 5.41) is 12.5. The molecule has 1 atom stereocenters. The summed E-state index contributed by atoms with van der Waals surface area (Å²) in [5.41, 5.74) is 0.163. The normalized spacial score (nSPS) is 12.5. The highest BCUT2D eigenvalue weighted by molar-refractivity contribution is 6.31. The van der Waals surface area contributed by atoms with Crippen LogP contribution in [0.2, 0.25) is 5.02 Å². The number of halogens is 2. The Morgan fingerprint density at radius 1 is 1.44 bits per heavy atom. The molecule has 0 saturated heterocycles. The lowest BCUT2D eigenvalue weighted by Crippen LogP contribution is -2.30. The second-order valence-electron chi connectivity index (χ2n) is 4.60. The van der Waals surface area contributed by atoms with Gasteiger partial charge < -0.3 is 10.4 Å². The van der Waals surface area contributed by atoms with Gasteiger partial charge in [-0.1, -0.05) is 25.4 Å². The Bertz CT molecular complexity index is 421. The molecule has 1 aromatic carbocycles. The molecule has 0 bridgehead atoms. The summed E-state index contributed by atoms with van der Waals surface area (Å²) in [6.07, 6.45) is 0.823. The van der Waals surface area contributed by atoms with Gasteiger partial charge in [0.15, 0.2) is 0 Å². The van der Waals surface area contributed by atoms with Gasteiger partial charge in [-0.2, -0.15) is 0 Å². The average Bonchev–Trinajstić information content (AvgIpc) is 2.28. The van der Waals surface area contributed by atoms with Crippen LogP contribution < -0.4 is 5.32 Å². The van der Waals surface area contributed by atoms with Crippen molar-refractivity contribution in [2.24, 2.45) is 5.92 Å². The molecule has 0 saturated carbocycles. The molecule has 18 heavy (non-hydrogen) atoms. The van der Waals surface area contributed by atoms with Gasteiger partial charge in [-0.3, -0.25) is 4.79 Å². The molecule has 1 aromatic rings. The summed E-state index contributed by atoms with van der Waals surface area (Å²) in [6.45, 7) is 4.50. The van der Waals surface area contributed by atoms with E-state index in [1.807, 2.05) is 0 Å². The maximum absolute atomic E-state index is 11.8. The van der Waals surface area contributed by atoms with Crippen LogP contribution in [-0.4, -0.2) is 22.9 Å². The summed E-state index contributed by atoms with van der Waals surface area (Å²) in [4.78, 5) is 11.8. The molecule has 0 aliphatic carbocycles. The maximum Gasteiger partial charge on any atom is 0.255 e. The molecule has 0 heterocycles. The third-order valence-corrected chi connectivity index (χ3v) is 2.98. The van der Waals surface area contributed by atoms with Gasteiger partial charge in [0, 0.05) is 11.6 Å². The van der Waals surface area contributed by atoms with Gasteiger partial charge in [0.25, 0.3) is 5.91 Å². The quantitative estimate of drug-likeness (QED) is 0.816. The van der Waals surface area contributed by atoms with Crippen molar-refractivity contribution in [3.05, 3.63) is 28.8 Å². The molecule has 0 spiro atoms. The molecule has 2 N–H and O–H groups in total. The molecule has 3 nitrogen and oxygen atoms in total. The molecule has 1 amide bonds. The molecule has 0 radical (unpaired) electrons. The summed E-state index contributed by atoms with van der Waals surface area (Å²) in [7, 11) is 0.